The zero-order chi connectivity index (χ0) is 17.7. The van der Waals surface area contributed by atoms with E-state index >= 15 is 0 Å². The Bertz CT molecular complexity index is 768. The summed E-state index contributed by atoms with van der Waals surface area (Å²) in [5.41, 5.74) is 0.571. The van der Waals surface area contributed by atoms with Gasteiger partial charge in [-0.3, -0.25) is 14.9 Å². The number of methoxy groups -OCH3 is 1. The number of nitrogens with one attached hydrogen (secondary N) is 1. The van der Waals surface area contributed by atoms with Crippen molar-refractivity contribution >= 4 is 23.3 Å². The molecule has 9 nitrogen and oxygen atoms in total. The van der Waals surface area contributed by atoms with Crippen molar-refractivity contribution < 1.29 is 28.4 Å². The molecule has 1 aromatic heterocycles. The summed E-state index contributed by atoms with van der Waals surface area (Å²) >= 11 is 0. The van der Waals surface area contributed by atoms with Gasteiger partial charge in [0, 0.05) is 17.8 Å². The molecule has 9 heteroatoms. The Hall–Kier alpha value is -3.36. The van der Waals surface area contributed by atoms with E-state index in [9.17, 15) is 19.7 Å². The molecule has 1 amide bonds. The van der Waals surface area contributed by atoms with Crippen LogP contribution in [0.2, 0.25) is 0 Å². The number of nitro groups is 1. The van der Waals surface area contributed by atoms with E-state index in [2.05, 4.69) is 5.32 Å². The second-order valence-electron chi connectivity index (χ2n) is 4.70. The van der Waals surface area contributed by atoms with Gasteiger partial charge >= 0.3 is 11.7 Å². The predicted molar refractivity (Wildman–Crippen MR) is 82.0 cm³/mol. The summed E-state index contributed by atoms with van der Waals surface area (Å²) in [6.07, 6.45) is 1.31. The van der Waals surface area contributed by atoms with Gasteiger partial charge in [0.15, 0.2) is 12.4 Å². The Morgan fingerprint density at radius 1 is 1.38 bits per heavy atom. The second kappa shape index (κ2) is 7.27. The number of carbonyl (C=O) groups is 2. The Morgan fingerprint density at radius 3 is 2.71 bits per heavy atom. The van der Waals surface area contributed by atoms with Crippen LogP contribution in [-0.2, 0) is 9.53 Å². The molecule has 0 aliphatic rings. The third-order valence-corrected chi connectivity index (χ3v) is 3.05. The number of ether oxygens (including phenoxy) is 2. The molecule has 0 radical (unpaired) electrons. The zero-order valence-corrected chi connectivity index (χ0v) is 12.9. The van der Waals surface area contributed by atoms with Gasteiger partial charge in [-0.15, -0.1) is 0 Å². The number of furan rings is 1. The number of benzene rings is 1. The molecule has 0 bridgehead atoms. The highest BCUT2D eigenvalue weighted by atomic mass is 16.6. The highest BCUT2D eigenvalue weighted by Gasteiger charge is 2.19. The first-order valence-corrected chi connectivity index (χ1v) is 6.76. The first-order chi connectivity index (χ1) is 11.4. The van der Waals surface area contributed by atoms with Crippen molar-refractivity contribution in [3.05, 3.63) is 52.0 Å². The van der Waals surface area contributed by atoms with Crippen molar-refractivity contribution in [2.24, 2.45) is 0 Å². The molecule has 0 atom stereocenters. The summed E-state index contributed by atoms with van der Waals surface area (Å²) in [7, 11) is 1.29. The van der Waals surface area contributed by atoms with Gasteiger partial charge in [0.05, 0.1) is 18.3 Å². The van der Waals surface area contributed by atoms with Gasteiger partial charge in [-0.05, 0) is 24.6 Å². The molecule has 2 rings (SSSR count). The number of nitro benzene ring substituents is 1. The van der Waals surface area contributed by atoms with Crippen LogP contribution in [0.3, 0.4) is 0 Å². The molecule has 0 saturated carbocycles. The van der Waals surface area contributed by atoms with E-state index in [1.165, 1.54) is 37.6 Å². The van der Waals surface area contributed by atoms with Gasteiger partial charge < -0.3 is 19.2 Å². The molecule has 0 unspecified atom stereocenters. The topological polar surface area (TPSA) is 121 Å². The van der Waals surface area contributed by atoms with Crippen LogP contribution < -0.4 is 10.1 Å². The summed E-state index contributed by atoms with van der Waals surface area (Å²) in [5, 5.41) is 13.4. The van der Waals surface area contributed by atoms with Crippen LogP contribution in [0.5, 0.6) is 5.75 Å². The maximum absolute atomic E-state index is 11.9. The van der Waals surface area contributed by atoms with E-state index in [0.717, 1.165) is 0 Å². The Labute approximate surface area is 136 Å². The quantitative estimate of drug-likeness (QED) is 0.488. The number of aryl methyl sites for hydroxylation is 1. The largest absolute Gasteiger partial charge is 0.490 e. The maximum Gasteiger partial charge on any atom is 0.374 e. The highest BCUT2D eigenvalue weighted by Crippen LogP contribution is 2.32. The number of rotatable bonds is 6. The summed E-state index contributed by atoms with van der Waals surface area (Å²) in [6, 6.07) is 5.54. The van der Waals surface area contributed by atoms with Crippen LogP contribution in [0, 0.1) is 17.0 Å². The van der Waals surface area contributed by atoms with Crippen molar-refractivity contribution in [2.45, 2.75) is 6.92 Å². The molecule has 24 heavy (non-hydrogen) atoms. The number of carbonyl (C=O) groups excluding carboxylic acids is 2. The van der Waals surface area contributed by atoms with Gasteiger partial charge in [0.2, 0.25) is 5.76 Å². The minimum Gasteiger partial charge on any atom is -0.490 e. The van der Waals surface area contributed by atoms with Crippen LogP contribution in [0.15, 0.2) is 34.9 Å². The molecule has 0 aliphatic carbocycles. The van der Waals surface area contributed by atoms with Crippen molar-refractivity contribution in [3.63, 3.8) is 0 Å². The molecule has 0 aliphatic heterocycles. The molecule has 2 aromatic rings. The van der Waals surface area contributed by atoms with Crippen molar-refractivity contribution in [1.82, 2.24) is 0 Å². The lowest BCUT2D eigenvalue weighted by Crippen LogP contribution is -2.21. The minimum absolute atomic E-state index is 0.00785. The molecule has 126 valence electrons. The lowest BCUT2D eigenvalue weighted by atomic mass is 10.1. The van der Waals surface area contributed by atoms with Crippen LogP contribution in [0.1, 0.15) is 16.1 Å². The molecule has 1 aromatic carbocycles. The van der Waals surface area contributed by atoms with Gasteiger partial charge in [0.25, 0.3) is 5.91 Å². The fourth-order valence-electron chi connectivity index (χ4n) is 1.90. The molecule has 0 saturated heterocycles. The lowest BCUT2D eigenvalue weighted by molar-refractivity contribution is -0.385. The average Bonchev–Trinajstić information content (AvgIpc) is 3.08. The van der Waals surface area contributed by atoms with E-state index in [1.807, 2.05) is 0 Å². The van der Waals surface area contributed by atoms with Crippen LogP contribution in [0.4, 0.5) is 11.4 Å². The van der Waals surface area contributed by atoms with Crippen molar-refractivity contribution in [2.75, 3.05) is 19.0 Å². The van der Waals surface area contributed by atoms with Gasteiger partial charge in [-0.25, -0.2) is 4.79 Å². The smallest absolute Gasteiger partial charge is 0.374 e. The first kappa shape index (κ1) is 17.0. The van der Waals surface area contributed by atoms with Crippen LogP contribution in [0.25, 0.3) is 0 Å². The number of esters is 1. The minimum atomic E-state index is -0.770. The summed E-state index contributed by atoms with van der Waals surface area (Å²) in [6.45, 7) is 1.06. The summed E-state index contributed by atoms with van der Waals surface area (Å²) in [4.78, 5) is 33.8. The van der Waals surface area contributed by atoms with Gasteiger partial charge in [0.1, 0.15) is 0 Å². The second-order valence-corrected chi connectivity index (χ2v) is 4.70. The summed E-state index contributed by atoms with van der Waals surface area (Å²) in [5.74, 6) is -1.38. The Kier molecular flexibility index (Phi) is 5.15. The van der Waals surface area contributed by atoms with E-state index in [1.54, 1.807) is 6.92 Å². The molecule has 0 fully saturated rings. The van der Waals surface area contributed by atoms with E-state index in [4.69, 9.17) is 13.9 Å². The fourth-order valence-corrected chi connectivity index (χ4v) is 1.90. The van der Waals surface area contributed by atoms with Crippen molar-refractivity contribution in [1.29, 1.82) is 0 Å². The zero-order valence-electron chi connectivity index (χ0n) is 12.9. The van der Waals surface area contributed by atoms with E-state index < -0.39 is 23.4 Å². The van der Waals surface area contributed by atoms with Crippen molar-refractivity contribution in [3.8, 4) is 5.75 Å². The van der Waals surface area contributed by atoms with E-state index in [-0.39, 0.29) is 17.2 Å². The van der Waals surface area contributed by atoms with Gasteiger partial charge in [-0.2, -0.15) is 0 Å². The highest BCUT2D eigenvalue weighted by molar-refractivity contribution is 5.95. The predicted octanol–water partition coefficient (Wildman–Crippen LogP) is 2.30. The monoisotopic (exact) mass is 334 g/mol. The van der Waals surface area contributed by atoms with Crippen LogP contribution >= 0.6 is 0 Å². The first-order valence-electron chi connectivity index (χ1n) is 6.76. The third-order valence-electron chi connectivity index (χ3n) is 3.05. The number of hydrogen-bond donors (Lipinski definition) is 1. The standard InChI is InChI=1S/C15H14N2O7/c1-9-6-11(17(20)21)13(22-2)7-10(9)16-14(18)8-24-15(19)12-4-3-5-23-12/h3-7H,8H2,1-2H3,(H,16,18). The molecular weight excluding hydrogens is 320 g/mol. The molecule has 1 heterocycles. The number of anilines is 1. The molecule has 0 spiro atoms. The Morgan fingerprint density at radius 2 is 2.12 bits per heavy atom. The lowest BCUT2D eigenvalue weighted by Gasteiger charge is -2.11. The van der Waals surface area contributed by atoms with E-state index in [0.29, 0.717) is 11.3 Å². The number of hydrogen-bond acceptors (Lipinski definition) is 7. The average molecular weight is 334 g/mol. The van der Waals surface area contributed by atoms with Gasteiger partial charge in [-0.1, -0.05) is 0 Å². The third kappa shape index (κ3) is 3.88. The Balaban J connectivity index is 2.03. The summed E-state index contributed by atoms with van der Waals surface area (Å²) < 4.78 is 14.6. The number of nitrogens with zero attached hydrogens (tertiary/aromatic N) is 1. The van der Waals surface area contributed by atoms with Crippen LogP contribution in [-0.4, -0.2) is 30.5 Å². The molecular formula is C15H14N2O7. The number of amides is 1. The molecule has 1 N–H and O–H groups in total. The normalized spacial score (nSPS) is 10.1. The maximum atomic E-state index is 11.9. The fraction of sp³-hybridized carbons (Fsp3) is 0.200. The SMILES string of the molecule is COc1cc(NC(=O)COC(=O)c2ccco2)c(C)cc1[N+](=O)[O-].